The molecule has 1 nitrogen and oxygen atoms in total. The molecule has 0 aliphatic carbocycles. The molecule has 0 heterocycles. The summed E-state index contributed by atoms with van der Waals surface area (Å²) in [5.41, 5.74) is 0. The molecule has 0 bridgehead atoms. The van der Waals surface area contributed by atoms with Crippen molar-refractivity contribution >= 4 is 0 Å². The van der Waals surface area contributed by atoms with Gasteiger partial charge in [-0.3, -0.25) is 0 Å². The maximum atomic E-state index is 7.86. The van der Waals surface area contributed by atoms with E-state index in [4.69, 9.17) is 5.11 Å². The van der Waals surface area contributed by atoms with Gasteiger partial charge in [0.05, 0.1) is 5.76 Å². The van der Waals surface area contributed by atoms with Crippen LogP contribution in [-0.2, 0) is 0 Å². The molecule has 2 heteroatoms. The summed E-state index contributed by atoms with van der Waals surface area (Å²) in [4.78, 5) is 0. The summed E-state index contributed by atoms with van der Waals surface area (Å²) in [7, 11) is 0. The second-order valence-corrected chi connectivity index (χ2v) is 0.735. The molecule has 0 aromatic heterocycles. The largest absolute Gasteiger partial charge is 1.00 e. The van der Waals surface area contributed by atoms with Gasteiger partial charge in [-0.1, -0.05) is 6.58 Å². The van der Waals surface area contributed by atoms with Crippen LogP contribution >= 0.6 is 0 Å². The zero-order chi connectivity index (χ0) is 3.58. The van der Waals surface area contributed by atoms with Gasteiger partial charge in [-0.25, -0.2) is 0 Å². The van der Waals surface area contributed by atoms with Crippen LogP contribution in [0.1, 0.15) is 8.35 Å². The molecule has 0 aromatic carbocycles. The molecule has 0 atom stereocenters. The average molecular weight is 66.0 g/mol. The second-order valence-electron chi connectivity index (χ2n) is 0.735. The summed E-state index contributed by atoms with van der Waals surface area (Å²) in [5.74, 6) is 0.167. The van der Waals surface area contributed by atoms with Gasteiger partial charge in [-0.05, 0) is 6.92 Å². The summed E-state index contributed by atoms with van der Waals surface area (Å²) in [5, 5.41) is 7.86. The maximum Gasteiger partial charge on any atom is 1.00 e. The van der Waals surface area contributed by atoms with Gasteiger partial charge in [0.2, 0.25) is 0 Å². The quantitative estimate of drug-likeness (QED) is 0.261. The zero-order valence-corrected chi connectivity index (χ0v) is 3.65. The third kappa shape index (κ3) is 1000. The molecule has 0 amide bonds. The predicted octanol–water partition coefficient (Wildman–Crippen LogP) is -1.81. The van der Waals surface area contributed by atoms with E-state index >= 15 is 0 Å². The third-order valence-electron chi connectivity index (χ3n) is 0. The van der Waals surface area contributed by atoms with Crippen molar-refractivity contribution in [1.82, 2.24) is 0 Å². The molecule has 0 spiro atoms. The third-order valence-corrected chi connectivity index (χ3v) is 0. The number of allylic oxidation sites excluding steroid dienone is 1. The Balaban J connectivity index is -0.0000000450. The van der Waals surface area contributed by atoms with E-state index in [1.165, 1.54) is 6.92 Å². The molecule has 0 saturated carbocycles. The van der Waals surface area contributed by atoms with E-state index in [1.54, 1.807) is 0 Å². The fourth-order valence-corrected chi connectivity index (χ4v) is 0. The Morgan fingerprint density at radius 3 is 2.00 bits per heavy atom. The molecular formula is C3H7LiO. The number of hydrogen-bond acceptors (Lipinski definition) is 1. The first kappa shape index (κ1) is 8.93. The van der Waals surface area contributed by atoms with Gasteiger partial charge in [0.15, 0.2) is 0 Å². The van der Waals surface area contributed by atoms with E-state index in [9.17, 15) is 0 Å². The number of rotatable bonds is 0. The Labute approximate surface area is 45.4 Å². The van der Waals surface area contributed by atoms with Gasteiger partial charge in [-0.2, -0.15) is 0 Å². The minimum absolute atomic E-state index is 0. The average Bonchev–Trinajstić information content (AvgIpc) is 0.811. The Bertz CT molecular complexity index is 33.8. The van der Waals surface area contributed by atoms with E-state index in [0.717, 1.165) is 0 Å². The van der Waals surface area contributed by atoms with Gasteiger partial charge in [0, 0.05) is 0 Å². The Morgan fingerprint density at radius 2 is 2.00 bits per heavy atom. The number of hydrogen-bond donors (Lipinski definition) is 1. The fraction of sp³-hybridized carbons (Fsp3) is 0.333. The summed E-state index contributed by atoms with van der Waals surface area (Å²) >= 11 is 0. The topological polar surface area (TPSA) is 20.2 Å². The van der Waals surface area contributed by atoms with Crippen molar-refractivity contribution < 1.29 is 25.4 Å². The van der Waals surface area contributed by atoms with Gasteiger partial charge in [0.1, 0.15) is 0 Å². The van der Waals surface area contributed by atoms with Crippen LogP contribution < -0.4 is 18.9 Å². The molecule has 0 aliphatic heterocycles. The van der Waals surface area contributed by atoms with Crippen LogP contribution in [-0.4, -0.2) is 5.11 Å². The molecule has 0 unspecified atom stereocenters. The van der Waals surface area contributed by atoms with Crippen LogP contribution in [0.3, 0.4) is 0 Å². The number of aliphatic hydroxyl groups is 1. The first-order valence-corrected chi connectivity index (χ1v) is 1.08. The molecule has 0 saturated heterocycles. The van der Waals surface area contributed by atoms with Gasteiger partial charge >= 0.3 is 18.9 Å². The normalized spacial score (nSPS) is 5.00. The zero-order valence-electron chi connectivity index (χ0n) is 4.65. The van der Waals surface area contributed by atoms with Crippen molar-refractivity contribution in [3.8, 4) is 0 Å². The summed E-state index contributed by atoms with van der Waals surface area (Å²) < 4.78 is 0. The maximum absolute atomic E-state index is 7.86. The minimum Gasteiger partial charge on any atom is -1.00 e. The van der Waals surface area contributed by atoms with E-state index in [-0.39, 0.29) is 26.0 Å². The van der Waals surface area contributed by atoms with E-state index in [2.05, 4.69) is 6.58 Å². The Hall–Kier alpha value is 0.137. The van der Waals surface area contributed by atoms with Crippen molar-refractivity contribution in [3.05, 3.63) is 12.3 Å². The Morgan fingerprint density at radius 1 is 2.00 bits per heavy atom. The van der Waals surface area contributed by atoms with Crippen LogP contribution in [0.25, 0.3) is 0 Å². The molecule has 0 rings (SSSR count). The van der Waals surface area contributed by atoms with Crippen LogP contribution in [0, 0.1) is 0 Å². The van der Waals surface area contributed by atoms with Gasteiger partial charge in [0.25, 0.3) is 0 Å². The van der Waals surface area contributed by atoms with Gasteiger partial charge < -0.3 is 6.53 Å². The molecular weight excluding hydrogens is 59.0 g/mol. The molecule has 1 N–H and O–H groups in total. The van der Waals surface area contributed by atoms with Crippen molar-refractivity contribution in [2.24, 2.45) is 0 Å². The van der Waals surface area contributed by atoms with Crippen molar-refractivity contribution in [1.29, 1.82) is 0 Å². The van der Waals surface area contributed by atoms with E-state index < -0.39 is 0 Å². The van der Waals surface area contributed by atoms with Crippen LogP contribution in [0.2, 0.25) is 0 Å². The van der Waals surface area contributed by atoms with E-state index in [0.29, 0.717) is 0 Å². The van der Waals surface area contributed by atoms with Crippen molar-refractivity contribution in [2.75, 3.05) is 0 Å². The van der Waals surface area contributed by atoms with Crippen LogP contribution in [0.15, 0.2) is 12.3 Å². The minimum atomic E-state index is 0. The number of aliphatic hydroxyl groups excluding tert-OH is 1. The molecule has 26 valence electrons. The summed E-state index contributed by atoms with van der Waals surface area (Å²) in [6, 6.07) is 0. The van der Waals surface area contributed by atoms with Crippen LogP contribution in [0.4, 0.5) is 0 Å². The first-order valence-electron chi connectivity index (χ1n) is 1.08. The SMILES string of the molecule is C=C(C)O.[H-].[Li+]. The standard InChI is InChI=1S/C3H6O.Li.H/c1-3(2)4;;/h4H,1H2,2H3;;/q;+1;-1. The first-order chi connectivity index (χ1) is 1.73. The smallest absolute Gasteiger partial charge is 1.00 e. The molecule has 0 radical (unpaired) electrons. The molecule has 5 heavy (non-hydrogen) atoms. The summed E-state index contributed by atoms with van der Waals surface area (Å²) in [6.45, 7) is 4.64. The van der Waals surface area contributed by atoms with Gasteiger partial charge in [-0.15, -0.1) is 0 Å². The second kappa shape index (κ2) is 4.14. The van der Waals surface area contributed by atoms with Crippen LogP contribution in [0.5, 0.6) is 0 Å². The predicted molar refractivity (Wildman–Crippen MR) is 18.6 cm³/mol. The van der Waals surface area contributed by atoms with Crippen molar-refractivity contribution in [2.45, 2.75) is 6.92 Å². The molecule has 0 fully saturated rings. The fourth-order valence-electron chi connectivity index (χ4n) is 0. The van der Waals surface area contributed by atoms with Crippen molar-refractivity contribution in [3.63, 3.8) is 0 Å². The summed E-state index contributed by atoms with van der Waals surface area (Å²) in [6.07, 6.45) is 0. The molecule has 0 aromatic rings. The monoisotopic (exact) mass is 66.1 g/mol. The van der Waals surface area contributed by atoms with E-state index in [1.807, 2.05) is 0 Å². The molecule has 0 aliphatic rings. The Kier molecular flexibility index (Phi) is 7.39.